The van der Waals surface area contributed by atoms with Gasteiger partial charge in [0.25, 0.3) is 0 Å². The van der Waals surface area contributed by atoms with E-state index in [1.807, 2.05) is 6.92 Å². The minimum Gasteiger partial charge on any atom is -0.478 e. The van der Waals surface area contributed by atoms with Crippen molar-refractivity contribution in [2.24, 2.45) is 0 Å². The summed E-state index contributed by atoms with van der Waals surface area (Å²) in [6.07, 6.45) is -2.10. The Balaban J connectivity index is 2.45. The van der Waals surface area contributed by atoms with Crippen LogP contribution in [0, 0.1) is 0 Å². The average Bonchev–Trinajstić information content (AvgIpc) is 2.61. The molecule has 0 aromatic heterocycles. The third kappa shape index (κ3) is 4.56. The zero-order valence-electron chi connectivity index (χ0n) is 14.4. The molecule has 1 atom stereocenters. The van der Waals surface area contributed by atoms with Gasteiger partial charge in [-0.1, -0.05) is 56.2 Å². The molecule has 0 aliphatic carbocycles. The summed E-state index contributed by atoms with van der Waals surface area (Å²) in [7, 11) is 0. The summed E-state index contributed by atoms with van der Waals surface area (Å²) in [6.45, 7) is 1.98. The fourth-order valence-electron chi connectivity index (χ4n) is 2.80. The summed E-state index contributed by atoms with van der Waals surface area (Å²) >= 11 is 0. The van der Waals surface area contributed by atoms with E-state index < -0.39 is 23.3 Å². The predicted molar refractivity (Wildman–Crippen MR) is 92.0 cm³/mol. The summed E-state index contributed by atoms with van der Waals surface area (Å²) in [4.78, 5) is 12.2. The first-order chi connectivity index (χ1) is 12.3. The van der Waals surface area contributed by atoms with Gasteiger partial charge in [0.15, 0.2) is 0 Å². The maximum absolute atomic E-state index is 13.0. The van der Waals surface area contributed by atoms with Crippen LogP contribution in [0.25, 0.3) is 0 Å². The lowest BCUT2D eigenvalue weighted by molar-refractivity contribution is -0.157. The Morgan fingerprint density at radius 1 is 1.00 bits per heavy atom. The average molecular weight is 366 g/mol. The normalized spacial score (nSPS) is 13.8. The summed E-state index contributed by atoms with van der Waals surface area (Å²) in [5, 5.41) is 9.92. The van der Waals surface area contributed by atoms with Crippen molar-refractivity contribution >= 4 is 5.97 Å². The van der Waals surface area contributed by atoms with Crippen LogP contribution in [0.15, 0.2) is 54.6 Å². The van der Waals surface area contributed by atoms with Crippen molar-refractivity contribution in [2.45, 2.75) is 44.4 Å². The smallest absolute Gasteiger partial charge is 0.416 e. The SMILES string of the molecule is CCCCCC(Oc1cccc(C(F)(F)F)c1)(C(=O)O)c1ccccc1. The highest BCUT2D eigenvalue weighted by atomic mass is 19.4. The van der Waals surface area contributed by atoms with Crippen LogP contribution in [0.4, 0.5) is 13.2 Å². The number of ether oxygens (including phenoxy) is 1. The highest BCUT2D eigenvalue weighted by molar-refractivity contribution is 5.80. The standard InChI is InChI=1S/C20H21F3O3/c1-2-3-7-13-19(18(24)25,15-9-5-4-6-10-15)26-17-12-8-11-16(14-17)20(21,22)23/h4-6,8-12,14H,2-3,7,13H2,1H3,(H,24,25). The molecule has 2 aromatic rings. The molecular weight excluding hydrogens is 345 g/mol. The number of hydrogen-bond donors (Lipinski definition) is 1. The van der Waals surface area contributed by atoms with E-state index >= 15 is 0 Å². The first-order valence-corrected chi connectivity index (χ1v) is 8.45. The Labute approximate surface area is 150 Å². The Bertz CT molecular complexity index is 729. The van der Waals surface area contributed by atoms with Gasteiger partial charge in [-0.15, -0.1) is 0 Å². The molecule has 140 valence electrons. The van der Waals surface area contributed by atoms with Gasteiger partial charge < -0.3 is 9.84 Å². The van der Waals surface area contributed by atoms with Crippen LogP contribution < -0.4 is 4.74 Å². The monoisotopic (exact) mass is 366 g/mol. The van der Waals surface area contributed by atoms with Crippen molar-refractivity contribution in [1.82, 2.24) is 0 Å². The first kappa shape index (κ1) is 19.8. The molecule has 1 unspecified atom stereocenters. The molecule has 0 saturated heterocycles. The van der Waals surface area contributed by atoms with Gasteiger partial charge in [-0.25, -0.2) is 4.79 Å². The summed E-state index contributed by atoms with van der Waals surface area (Å²) in [5.41, 5.74) is -2.21. The molecule has 0 bridgehead atoms. The molecule has 1 N–H and O–H groups in total. The molecular formula is C20H21F3O3. The van der Waals surface area contributed by atoms with Gasteiger partial charge in [-0.2, -0.15) is 13.2 Å². The minimum atomic E-state index is -4.53. The lowest BCUT2D eigenvalue weighted by atomic mass is 9.87. The number of alkyl halides is 3. The number of hydrogen-bond acceptors (Lipinski definition) is 2. The highest BCUT2D eigenvalue weighted by Crippen LogP contribution is 2.37. The number of carbonyl (C=O) groups is 1. The van der Waals surface area contributed by atoms with E-state index in [0.29, 0.717) is 12.0 Å². The molecule has 0 amide bonds. The Morgan fingerprint density at radius 2 is 1.65 bits per heavy atom. The largest absolute Gasteiger partial charge is 0.478 e. The summed E-state index contributed by atoms with van der Waals surface area (Å²) in [5.74, 6) is -1.35. The minimum absolute atomic E-state index is 0.123. The van der Waals surface area contributed by atoms with Crippen molar-refractivity contribution in [1.29, 1.82) is 0 Å². The van der Waals surface area contributed by atoms with Crippen molar-refractivity contribution in [3.63, 3.8) is 0 Å². The second-order valence-electron chi connectivity index (χ2n) is 6.08. The van der Waals surface area contributed by atoms with Gasteiger partial charge in [0.05, 0.1) is 5.56 Å². The fourth-order valence-corrected chi connectivity index (χ4v) is 2.80. The zero-order chi connectivity index (χ0) is 19.2. The number of rotatable bonds is 8. The number of halogens is 3. The maximum atomic E-state index is 13.0. The van der Waals surface area contributed by atoms with E-state index in [0.717, 1.165) is 25.0 Å². The molecule has 3 nitrogen and oxygen atoms in total. The summed E-state index contributed by atoms with van der Waals surface area (Å²) < 4.78 is 44.6. The van der Waals surface area contributed by atoms with Crippen molar-refractivity contribution in [3.8, 4) is 5.75 Å². The van der Waals surface area contributed by atoms with Gasteiger partial charge in [-0.3, -0.25) is 0 Å². The van der Waals surface area contributed by atoms with Crippen LogP contribution in [0.3, 0.4) is 0 Å². The zero-order valence-corrected chi connectivity index (χ0v) is 14.4. The Kier molecular flexibility index (Phi) is 6.29. The van der Waals surface area contributed by atoms with Crippen LogP contribution >= 0.6 is 0 Å². The van der Waals surface area contributed by atoms with E-state index in [1.165, 1.54) is 12.1 Å². The molecule has 0 aliphatic rings. The number of aliphatic carboxylic acids is 1. The molecule has 0 aliphatic heterocycles. The van der Waals surface area contributed by atoms with E-state index in [2.05, 4.69) is 0 Å². The van der Waals surface area contributed by atoms with Crippen LogP contribution in [0.1, 0.15) is 43.7 Å². The number of carboxylic acids is 1. The maximum Gasteiger partial charge on any atom is 0.416 e. The lowest BCUT2D eigenvalue weighted by Crippen LogP contribution is -2.41. The van der Waals surface area contributed by atoms with Crippen LogP contribution in [0.2, 0.25) is 0 Å². The van der Waals surface area contributed by atoms with E-state index in [4.69, 9.17) is 4.74 Å². The van der Waals surface area contributed by atoms with Crippen LogP contribution in [-0.2, 0) is 16.6 Å². The number of benzene rings is 2. The van der Waals surface area contributed by atoms with Crippen molar-refractivity contribution in [3.05, 3.63) is 65.7 Å². The molecule has 26 heavy (non-hydrogen) atoms. The number of unbranched alkanes of at least 4 members (excludes halogenated alkanes) is 2. The molecule has 6 heteroatoms. The second kappa shape index (κ2) is 8.25. The quantitative estimate of drug-likeness (QED) is 0.615. The second-order valence-corrected chi connectivity index (χ2v) is 6.08. The van der Waals surface area contributed by atoms with E-state index in [9.17, 15) is 23.1 Å². The van der Waals surface area contributed by atoms with E-state index in [-0.39, 0.29) is 12.2 Å². The Morgan fingerprint density at radius 3 is 2.23 bits per heavy atom. The van der Waals surface area contributed by atoms with E-state index in [1.54, 1.807) is 30.3 Å². The fraction of sp³-hybridized carbons (Fsp3) is 0.350. The Hall–Kier alpha value is -2.50. The van der Waals surface area contributed by atoms with Gasteiger partial charge in [0.1, 0.15) is 5.75 Å². The van der Waals surface area contributed by atoms with Crippen LogP contribution in [-0.4, -0.2) is 11.1 Å². The molecule has 2 aromatic carbocycles. The third-order valence-corrected chi connectivity index (χ3v) is 4.17. The molecule has 2 rings (SSSR count). The molecule has 0 saturated carbocycles. The van der Waals surface area contributed by atoms with Gasteiger partial charge >= 0.3 is 12.1 Å². The van der Waals surface area contributed by atoms with Gasteiger partial charge in [-0.05, 0) is 24.6 Å². The molecule has 0 spiro atoms. The molecule has 0 fully saturated rings. The van der Waals surface area contributed by atoms with Crippen molar-refractivity contribution in [2.75, 3.05) is 0 Å². The third-order valence-electron chi connectivity index (χ3n) is 4.17. The van der Waals surface area contributed by atoms with Crippen LogP contribution in [0.5, 0.6) is 5.75 Å². The van der Waals surface area contributed by atoms with Crippen molar-refractivity contribution < 1.29 is 27.8 Å². The van der Waals surface area contributed by atoms with Gasteiger partial charge in [0.2, 0.25) is 5.60 Å². The topological polar surface area (TPSA) is 46.5 Å². The summed E-state index contributed by atoms with van der Waals surface area (Å²) in [6, 6.07) is 12.7. The number of carboxylic acid groups (broad SMARTS) is 1. The molecule has 0 heterocycles. The highest BCUT2D eigenvalue weighted by Gasteiger charge is 2.43. The van der Waals surface area contributed by atoms with Gasteiger partial charge in [0, 0.05) is 12.0 Å². The molecule has 0 radical (unpaired) electrons. The first-order valence-electron chi connectivity index (χ1n) is 8.45. The lowest BCUT2D eigenvalue weighted by Gasteiger charge is -2.31. The predicted octanol–water partition coefficient (Wildman–Crippen LogP) is 5.64.